The number of rotatable bonds is 15. The molecule has 2 aromatic heterocycles. The maximum atomic E-state index is 3.58. The van der Waals surface area contributed by atoms with Crippen molar-refractivity contribution in [3.8, 4) is 114 Å². The van der Waals surface area contributed by atoms with Crippen LogP contribution in [0.1, 0.15) is 69.5 Å². The van der Waals surface area contributed by atoms with Crippen molar-refractivity contribution in [1.82, 2.24) is 9.13 Å². The van der Waals surface area contributed by atoms with Crippen LogP contribution in [0.4, 0.5) is 17.1 Å². The van der Waals surface area contributed by atoms with Gasteiger partial charge in [0, 0.05) is 54.5 Å². The Balaban J connectivity index is 0.000000128. The fourth-order valence-electron chi connectivity index (χ4n) is 20.4. The molecular weight excluding hydrogens is 1700 g/mol. The van der Waals surface area contributed by atoms with Gasteiger partial charge in [0.05, 0.1) is 32.9 Å². The number of para-hydroxylation sites is 4. The van der Waals surface area contributed by atoms with Gasteiger partial charge in [0.2, 0.25) is 0 Å². The van der Waals surface area contributed by atoms with Gasteiger partial charge in [-0.25, -0.2) is 0 Å². The molecule has 0 aliphatic heterocycles. The number of hydrogen-bond acceptors (Lipinski definition) is 1. The van der Waals surface area contributed by atoms with Gasteiger partial charge >= 0.3 is 0 Å². The Kier molecular flexibility index (Phi) is 24.0. The summed E-state index contributed by atoms with van der Waals surface area (Å²) in [5, 5.41) is 5.06. The van der Waals surface area contributed by atoms with Crippen molar-refractivity contribution >= 4 is 76.6 Å². The molecule has 0 amide bonds. The first-order valence-electron chi connectivity index (χ1n) is 46.0. The number of nitrogens with zero attached hydrogens (tertiary/aromatic N) is 3. The third-order valence-corrected chi connectivity index (χ3v) is 26.8. The minimum absolute atomic E-state index is 0.346. The zero-order valence-electron chi connectivity index (χ0n) is 74.9. The first-order chi connectivity index (χ1) is 66.8. The van der Waals surface area contributed by atoms with Crippen LogP contribution in [0.3, 0.4) is 0 Å². The summed E-state index contributed by atoms with van der Waals surface area (Å²) in [6.07, 6.45) is 0.901. The van der Waals surface area contributed by atoms with E-state index in [4.69, 9.17) is 0 Å². The highest BCUT2D eigenvalue weighted by Gasteiger charge is 2.48. The minimum atomic E-state index is -0.512. The zero-order valence-corrected chi connectivity index (χ0v) is 76.5. The van der Waals surface area contributed by atoms with Crippen molar-refractivity contribution in [2.24, 2.45) is 0 Å². The number of anilines is 3. The predicted octanol–water partition coefficient (Wildman–Crippen LogP) is 33.5. The molecule has 0 atom stereocenters. The van der Waals surface area contributed by atoms with Gasteiger partial charge in [-0.15, -0.1) is 0 Å². The first-order valence-corrected chi connectivity index (χ1v) is 46.8. The van der Waals surface area contributed by atoms with E-state index in [-0.39, 0.29) is 5.41 Å². The average molecular weight is 1790 g/mol. The van der Waals surface area contributed by atoms with E-state index in [0.29, 0.717) is 0 Å². The molecule has 0 bridgehead atoms. The van der Waals surface area contributed by atoms with E-state index in [0.717, 1.165) is 39.2 Å². The molecule has 24 rings (SSSR count). The Morgan fingerprint density at radius 1 is 0.222 bits per heavy atom. The van der Waals surface area contributed by atoms with Crippen LogP contribution < -0.4 is 4.90 Å². The normalized spacial score (nSPS) is 11.9. The molecule has 0 radical (unpaired) electrons. The largest absolute Gasteiger partial charge is 0.310 e. The molecule has 0 spiro atoms. The molecule has 0 unspecified atom stereocenters. The van der Waals surface area contributed by atoms with Crippen LogP contribution in [0.2, 0.25) is 0 Å². The van der Waals surface area contributed by atoms with Gasteiger partial charge in [-0.1, -0.05) is 440 Å². The summed E-state index contributed by atoms with van der Waals surface area (Å²) >= 11 is 3.58. The topological polar surface area (TPSA) is 13.1 Å². The summed E-state index contributed by atoms with van der Waals surface area (Å²) in [7, 11) is 0. The molecule has 4 heteroatoms. The van der Waals surface area contributed by atoms with E-state index in [2.05, 4.69) is 575 Å². The lowest BCUT2D eigenvalue weighted by molar-refractivity contribution is 0.767. The number of benzene rings is 20. The van der Waals surface area contributed by atoms with Gasteiger partial charge in [-0.2, -0.15) is 0 Å². The van der Waals surface area contributed by atoms with Crippen LogP contribution >= 0.6 is 15.9 Å². The Morgan fingerprint density at radius 3 is 1.01 bits per heavy atom. The zero-order chi connectivity index (χ0) is 90.9. The van der Waals surface area contributed by atoms with Crippen LogP contribution in [0, 0.1) is 35.5 Å². The highest BCUT2D eigenvalue weighted by atomic mass is 79.9. The standard InChI is InChI=1S/C61H42N2.C38H28.C24H16BrN.C8H6/c1-5-18-43(19-6-1)44-32-35-50(36-33-44)62(51-27-17-20-45(40-51)46-34-38-56-55-29-14-16-31-59(55)63(60(56)41-46)49-25-11-4-12-26-49)52-37-39-54-53-28-13-15-30-57(53)61(58(54)42-52,47-21-7-2-8-22-47)48-23-9-3-10-24-48;1-4-12-30(13-5-1)31-23-20-28(21-24-31)26-29-22-25-35-34-18-10-11-19-36(34)38(37(35)27-29,32-14-6-2-7-15-32)33-16-8-3-9-17-33;25-19-8-6-7-17(15-19)18-13-14-22-21-11-4-5-12-23(21)26(24(22)16-18)20-9-2-1-3-10-20;1-3-5-7-8-6-4-2/h1-42H;1-25,27H,26H2;1-16H;1-2H3. The fourth-order valence-corrected chi connectivity index (χ4v) is 20.8. The first kappa shape index (κ1) is 84.8. The van der Waals surface area contributed by atoms with Crippen molar-refractivity contribution < 1.29 is 0 Å². The van der Waals surface area contributed by atoms with Gasteiger partial charge in [-0.3, -0.25) is 0 Å². The maximum Gasteiger partial charge on any atom is 0.0714 e. The van der Waals surface area contributed by atoms with E-state index in [1.54, 1.807) is 13.8 Å². The molecule has 0 saturated carbocycles. The predicted molar refractivity (Wildman–Crippen MR) is 571 cm³/mol. The Hall–Kier alpha value is -17.0. The van der Waals surface area contributed by atoms with Crippen molar-refractivity contribution in [1.29, 1.82) is 0 Å². The smallest absolute Gasteiger partial charge is 0.0714 e. The van der Waals surface area contributed by atoms with Crippen molar-refractivity contribution in [3.63, 3.8) is 0 Å². The summed E-state index contributed by atoms with van der Waals surface area (Å²) < 4.78 is 5.85. The lowest BCUT2D eigenvalue weighted by Gasteiger charge is -2.35. The molecule has 2 aliphatic carbocycles. The second-order valence-electron chi connectivity index (χ2n) is 34.1. The Morgan fingerprint density at radius 2 is 0.548 bits per heavy atom. The van der Waals surface area contributed by atoms with Crippen LogP contribution in [-0.4, -0.2) is 9.13 Å². The fraction of sp³-hybridized carbons (Fsp3) is 0.0382. The quantitative estimate of drug-likeness (QED) is 0.0933. The van der Waals surface area contributed by atoms with E-state index in [1.165, 1.54) is 166 Å². The van der Waals surface area contributed by atoms with Crippen molar-refractivity contribution in [2.45, 2.75) is 31.1 Å². The van der Waals surface area contributed by atoms with Crippen LogP contribution in [-0.2, 0) is 17.3 Å². The van der Waals surface area contributed by atoms with Crippen LogP contribution in [0.15, 0.2) is 514 Å². The molecule has 3 nitrogen and oxygen atoms in total. The van der Waals surface area contributed by atoms with Gasteiger partial charge < -0.3 is 14.0 Å². The SMILES string of the molecule is Brc1cccc(-c2ccc3c4ccccc4n(-c4ccccc4)c3c2)c1.CC#CC#CC#CC.c1ccc(-c2ccc(Cc3ccc4c(c3)C(c3ccccc3)(c3ccccc3)c3ccccc3-4)cc2)cc1.c1ccc(-c2ccc(N(c3cccc(-c4ccc5c6ccccc6n(-c6ccccc6)c5c4)c3)c3ccc4c(c3)C(c3ccccc3)(c3ccccc3)c3ccccc3-4)cc2)cc1. The molecule has 22 aromatic rings. The van der Waals surface area contributed by atoms with Gasteiger partial charge in [-0.05, 0) is 263 Å². The summed E-state index contributed by atoms with van der Waals surface area (Å²) in [6, 6.07) is 185. The average Bonchev–Trinajstić information content (AvgIpc) is 1.54. The van der Waals surface area contributed by atoms with Crippen LogP contribution in [0.25, 0.3) is 122 Å². The molecule has 0 fully saturated rings. The lowest BCUT2D eigenvalue weighted by Crippen LogP contribution is -2.28. The summed E-state index contributed by atoms with van der Waals surface area (Å²) in [5.74, 6) is 15.5. The number of halogens is 1. The monoisotopic (exact) mass is 1790 g/mol. The Labute approximate surface area is 799 Å². The van der Waals surface area contributed by atoms with Crippen molar-refractivity contribution in [3.05, 3.63) is 570 Å². The van der Waals surface area contributed by atoms with E-state index in [9.17, 15) is 0 Å². The second kappa shape index (κ2) is 38.2. The number of fused-ring (bicyclic) bond motifs is 12. The Bertz CT molecular complexity index is 8160. The lowest BCUT2D eigenvalue weighted by atomic mass is 9.67. The van der Waals surface area contributed by atoms with E-state index >= 15 is 0 Å². The van der Waals surface area contributed by atoms with Crippen LogP contribution in [0.5, 0.6) is 0 Å². The van der Waals surface area contributed by atoms with Gasteiger partial charge in [0.25, 0.3) is 0 Å². The highest BCUT2D eigenvalue weighted by Crippen LogP contribution is 2.59. The highest BCUT2D eigenvalue weighted by molar-refractivity contribution is 9.10. The summed E-state index contributed by atoms with van der Waals surface area (Å²) in [6.45, 7) is 3.49. The van der Waals surface area contributed by atoms with Crippen molar-refractivity contribution in [2.75, 3.05) is 4.90 Å². The minimum Gasteiger partial charge on any atom is -0.310 e. The summed E-state index contributed by atoms with van der Waals surface area (Å²) in [4.78, 5) is 2.43. The van der Waals surface area contributed by atoms with Gasteiger partial charge in [0.15, 0.2) is 0 Å². The van der Waals surface area contributed by atoms with Gasteiger partial charge in [0.1, 0.15) is 0 Å². The van der Waals surface area contributed by atoms with E-state index in [1.807, 2.05) is 0 Å². The molecule has 135 heavy (non-hydrogen) atoms. The van der Waals surface area contributed by atoms with E-state index < -0.39 is 5.41 Å². The molecule has 0 N–H and O–H groups in total. The second-order valence-corrected chi connectivity index (χ2v) is 35.0. The number of aromatic nitrogens is 2. The third-order valence-electron chi connectivity index (χ3n) is 26.3. The summed E-state index contributed by atoms with van der Waals surface area (Å²) in [5.41, 5.74) is 37.6. The molecule has 20 aromatic carbocycles. The maximum absolute atomic E-state index is 3.58. The molecule has 0 saturated heterocycles. The third kappa shape index (κ3) is 16.3. The number of hydrogen-bond donors (Lipinski definition) is 0. The molecule has 2 heterocycles. The molecule has 2 aliphatic rings. The molecule has 638 valence electrons. The molecular formula is C131H92BrN3.